The Morgan fingerprint density at radius 1 is 1.53 bits per heavy atom. The molecule has 0 spiro atoms. The smallest absolute Gasteiger partial charge is 0.0616 e. The standard InChI is InChI=1S/C12H26N2O/c1-5-14(4)12(9-13)6-7-15-11(8-12)10(2)3/h10-11H,5-9,13H2,1-4H3. The van der Waals surface area contributed by atoms with E-state index >= 15 is 0 Å². The zero-order valence-corrected chi connectivity index (χ0v) is 10.6. The van der Waals surface area contributed by atoms with Crippen LogP contribution in [-0.4, -0.2) is 43.3 Å². The Kier molecular flexibility index (Phi) is 4.56. The van der Waals surface area contributed by atoms with Crippen LogP contribution < -0.4 is 5.73 Å². The molecule has 0 aliphatic carbocycles. The van der Waals surface area contributed by atoms with Gasteiger partial charge in [0.05, 0.1) is 6.10 Å². The Morgan fingerprint density at radius 3 is 2.67 bits per heavy atom. The number of rotatable bonds is 4. The van der Waals surface area contributed by atoms with Gasteiger partial charge >= 0.3 is 0 Å². The van der Waals surface area contributed by atoms with Gasteiger partial charge in [0, 0.05) is 18.7 Å². The van der Waals surface area contributed by atoms with Gasteiger partial charge in [-0.2, -0.15) is 0 Å². The van der Waals surface area contributed by atoms with Gasteiger partial charge in [-0.3, -0.25) is 4.90 Å². The second kappa shape index (κ2) is 5.28. The Bertz CT molecular complexity index is 196. The van der Waals surface area contributed by atoms with Crippen LogP contribution in [0.2, 0.25) is 0 Å². The van der Waals surface area contributed by atoms with Crippen LogP contribution in [0.1, 0.15) is 33.6 Å². The van der Waals surface area contributed by atoms with Gasteiger partial charge in [0.1, 0.15) is 0 Å². The first-order valence-electron chi connectivity index (χ1n) is 6.08. The topological polar surface area (TPSA) is 38.5 Å². The molecule has 0 aromatic rings. The van der Waals surface area contributed by atoms with Crippen LogP contribution in [0.3, 0.4) is 0 Å². The van der Waals surface area contributed by atoms with Crippen molar-refractivity contribution in [2.75, 3.05) is 26.7 Å². The zero-order chi connectivity index (χ0) is 11.5. The maximum atomic E-state index is 5.98. The van der Waals surface area contributed by atoms with Gasteiger partial charge in [-0.1, -0.05) is 20.8 Å². The van der Waals surface area contributed by atoms with E-state index in [-0.39, 0.29) is 5.54 Å². The van der Waals surface area contributed by atoms with Crippen molar-refractivity contribution in [3.8, 4) is 0 Å². The number of nitrogens with zero attached hydrogens (tertiary/aromatic N) is 1. The van der Waals surface area contributed by atoms with Crippen LogP contribution in [-0.2, 0) is 4.74 Å². The second-order valence-corrected chi connectivity index (χ2v) is 5.05. The number of likely N-dealkylation sites (N-methyl/N-ethyl adjacent to an activating group) is 1. The third-order valence-electron chi connectivity index (χ3n) is 3.89. The summed E-state index contributed by atoms with van der Waals surface area (Å²) in [5.41, 5.74) is 6.15. The molecule has 2 N–H and O–H groups in total. The van der Waals surface area contributed by atoms with E-state index in [2.05, 4.69) is 32.7 Å². The molecule has 2 atom stereocenters. The van der Waals surface area contributed by atoms with E-state index in [4.69, 9.17) is 10.5 Å². The number of nitrogens with two attached hydrogens (primary N) is 1. The molecular formula is C12H26N2O. The van der Waals surface area contributed by atoms with E-state index in [0.29, 0.717) is 12.0 Å². The summed E-state index contributed by atoms with van der Waals surface area (Å²) in [5.74, 6) is 0.585. The third kappa shape index (κ3) is 2.71. The van der Waals surface area contributed by atoms with E-state index < -0.39 is 0 Å². The van der Waals surface area contributed by atoms with Crippen LogP contribution in [0.25, 0.3) is 0 Å². The molecule has 0 aromatic carbocycles. The molecule has 1 aliphatic rings. The Hall–Kier alpha value is -0.120. The molecule has 0 aromatic heterocycles. The molecular weight excluding hydrogens is 188 g/mol. The highest BCUT2D eigenvalue weighted by Gasteiger charge is 2.39. The molecule has 0 radical (unpaired) electrons. The van der Waals surface area contributed by atoms with Gasteiger partial charge in [0.15, 0.2) is 0 Å². The normalized spacial score (nSPS) is 32.6. The highest BCUT2D eigenvalue weighted by molar-refractivity contribution is 4.95. The fraction of sp³-hybridized carbons (Fsp3) is 1.00. The number of hydrogen-bond acceptors (Lipinski definition) is 3. The Labute approximate surface area is 94.0 Å². The van der Waals surface area contributed by atoms with Crippen molar-refractivity contribution in [3.05, 3.63) is 0 Å². The highest BCUT2D eigenvalue weighted by Crippen LogP contribution is 2.31. The van der Waals surface area contributed by atoms with Crippen molar-refractivity contribution in [1.82, 2.24) is 4.90 Å². The van der Waals surface area contributed by atoms with Gasteiger partial charge in [-0.15, -0.1) is 0 Å². The number of hydrogen-bond donors (Lipinski definition) is 1. The molecule has 1 saturated heterocycles. The van der Waals surface area contributed by atoms with Crippen molar-refractivity contribution in [2.45, 2.75) is 45.3 Å². The summed E-state index contributed by atoms with van der Waals surface area (Å²) >= 11 is 0. The zero-order valence-electron chi connectivity index (χ0n) is 10.6. The van der Waals surface area contributed by atoms with Crippen molar-refractivity contribution < 1.29 is 4.74 Å². The molecule has 1 heterocycles. The molecule has 2 unspecified atom stereocenters. The van der Waals surface area contributed by atoms with Crippen molar-refractivity contribution in [3.63, 3.8) is 0 Å². The quantitative estimate of drug-likeness (QED) is 0.770. The van der Waals surface area contributed by atoms with E-state index in [9.17, 15) is 0 Å². The average Bonchev–Trinajstić information content (AvgIpc) is 2.27. The fourth-order valence-corrected chi connectivity index (χ4v) is 2.39. The van der Waals surface area contributed by atoms with Crippen LogP contribution in [0.15, 0.2) is 0 Å². The van der Waals surface area contributed by atoms with Crippen LogP contribution >= 0.6 is 0 Å². The Morgan fingerprint density at radius 2 is 2.20 bits per heavy atom. The lowest BCUT2D eigenvalue weighted by molar-refractivity contribution is -0.0803. The monoisotopic (exact) mass is 214 g/mol. The minimum absolute atomic E-state index is 0.169. The summed E-state index contributed by atoms with van der Waals surface area (Å²) in [6.07, 6.45) is 2.51. The Balaban J connectivity index is 2.72. The third-order valence-corrected chi connectivity index (χ3v) is 3.89. The van der Waals surface area contributed by atoms with Crippen molar-refractivity contribution >= 4 is 0 Å². The maximum absolute atomic E-state index is 5.98. The van der Waals surface area contributed by atoms with E-state index in [1.54, 1.807) is 0 Å². The molecule has 1 rings (SSSR count). The maximum Gasteiger partial charge on any atom is 0.0616 e. The molecule has 3 heteroatoms. The lowest BCUT2D eigenvalue weighted by Gasteiger charge is -2.47. The van der Waals surface area contributed by atoms with Gasteiger partial charge in [0.2, 0.25) is 0 Å². The van der Waals surface area contributed by atoms with E-state index in [1.165, 1.54) is 0 Å². The summed E-state index contributed by atoms with van der Waals surface area (Å²) in [6, 6.07) is 0. The first-order valence-corrected chi connectivity index (χ1v) is 6.08. The molecule has 1 aliphatic heterocycles. The molecule has 3 nitrogen and oxygen atoms in total. The largest absolute Gasteiger partial charge is 0.378 e. The van der Waals surface area contributed by atoms with Gasteiger partial charge in [-0.05, 0) is 32.4 Å². The van der Waals surface area contributed by atoms with Gasteiger partial charge in [0.25, 0.3) is 0 Å². The first-order chi connectivity index (χ1) is 7.05. The lowest BCUT2D eigenvalue weighted by atomic mass is 9.82. The van der Waals surface area contributed by atoms with Gasteiger partial charge in [-0.25, -0.2) is 0 Å². The summed E-state index contributed by atoms with van der Waals surface area (Å²) in [5, 5.41) is 0. The number of ether oxygens (including phenoxy) is 1. The first kappa shape index (κ1) is 12.9. The summed E-state index contributed by atoms with van der Waals surface area (Å²) in [7, 11) is 2.18. The van der Waals surface area contributed by atoms with Gasteiger partial charge < -0.3 is 10.5 Å². The fourth-order valence-electron chi connectivity index (χ4n) is 2.39. The van der Waals surface area contributed by atoms with Crippen molar-refractivity contribution in [1.29, 1.82) is 0 Å². The molecule has 1 fully saturated rings. The second-order valence-electron chi connectivity index (χ2n) is 5.05. The average molecular weight is 214 g/mol. The molecule has 0 bridgehead atoms. The summed E-state index contributed by atoms with van der Waals surface area (Å²) < 4.78 is 5.81. The van der Waals surface area contributed by atoms with E-state index in [1.807, 2.05) is 0 Å². The minimum Gasteiger partial charge on any atom is -0.378 e. The van der Waals surface area contributed by atoms with Crippen molar-refractivity contribution in [2.24, 2.45) is 11.7 Å². The molecule has 90 valence electrons. The highest BCUT2D eigenvalue weighted by atomic mass is 16.5. The molecule has 0 amide bonds. The molecule has 15 heavy (non-hydrogen) atoms. The summed E-state index contributed by atoms with van der Waals surface area (Å²) in [6.45, 7) is 9.29. The predicted octanol–water partition coefficient (Wildman–Crippen LogP) is 1.47. The lowest BCUT2D eigenvalue weighted by Crippen LogP contribution is -2.57. The molecule has 0 saturated carbocycles. The van der Waals surface area contributed by atoms with Crippen LogP contribution in [0.4, 0.5) is 0 Å². The predicted molar refractivity (Wildman–Crippen MR) is 63.9 cm³/mol. The SMILES string of the molecule is CCN(C)C1(CN)CCOC(C(C)C)C1. The van der Waals surface area contributed by atoms with Crippen LogP contribution in [0.5, 0.6) is 0 Å². The van der Waals surface area contributed by atoms with Crippen LogP contribution in [0, 0.1) is 5.92 Å². The van der Waals surface area contributed by atoms with E-state index in [0.717, 1.165) is 32.5 Å². The minimum atomic E-state index is 0.169. The summed E-state index contributed by atoms with van der Waals surface area (Å²) in [4.78, 5) is 2.39.